The molecule has 0 radical (unpaired) electrons. The number of nitrogens with one attached hydrogen (secondary N) is 1. The lowest BCUT2D eigenvalue weighted by atomic mass is 9.97. The first-order valence-corrected chi connectivity index (χ1v) is 6.95. The molecule has 2 heterocycles. The summed E-state index contributed by atoms with van der Waals surface area (Å²) in [7, 11) is 0. The van der Waals surface area contributed by atoms with Gasteiger partial charge in [0.1, 0.15) is 13.2 Å². The maximum Gasteiger partial charge on any atom is 0.162 e. The van der Waals surface area contributed by atoms with Crippen LogP contribution in [0.5, 0.6) is 0 Å². The highest BCUT2D eigenvalue weighted by molar-refractivity contribution is 6.30. The minimum Gasteiger partial charge on any atom is -0.489 e. The van der Waals surface area contributed by atoms with Gasteiger partial charge in [0.25, 0.3) is 0 Å². The Labute approximate surface area is 113 Å². The molecule has 4 nitrogen and oxygen atoms in total. The van der Waals surface area contributed by atoms with E-state index in [1.807, 2.05) is 6.92 Å². The van der Waals surface area contributed by atoms with Crippen molar-refractivity contribution in [1.82, 2.24) is 10.2 Å². The molecule has 1 aliphatic carbocycles. The second-order valence-corrected chi connectivity index (χ2v) is 5.38. The summed E-state index contributed by atoms with van der Waals surface area (Å²) in [5.41, 5.74) is 1.04. The third kappa shape index (κ3) is 2.13. The monoisotopic (exact) mass is 270 g/mol. The highest BCUT2D eigenvalue weighted by atomic mass is 35.5. The predicted octanol–water partition coefficient (Wildman–Crippen LogP) is 1.44. The molecule has 0 aromatic rings. The average Bonchev–Trinajstić information content (AvgIpc) is 2.44. The van der Waals surface area contributed by atoms with Crippen LogP contribution in [-0.2, 0) is 9.47 Å². The molecule has 0 aromatic heterocycles. The molecule has 2 aliphatic heterocycles. The SMILES string of the molecule is CC1=C(Cl)CC(N2CCNCC2)C2=C1OCCO2. The van der Waals surface area contributed by atoms with E-state index in [-0.39, 0.29) is 6.04 Å². The molecular formula is C13H19ClN2O2. The summed E-state index contributed by atoms with van der Waals surface area (Å²) in [5, 5.41) is 4.28. The Morgan fingerprint density at radius 3 is 2.72 bits per heavy atom. The van der Waals surface area contributed by atoms with Crippen LogP contribution < -0.4 is 5.32 Å². The van der Waals surface area contributed by atoms with Gasteiger partial charge in [-0.3, -0.25) is 4.90 Å². The van der Waals surface area contributed by atoms with Gasteiger partial charge in [-0.1, -0.05) is 11.6 Å². The Morgan fingerprint density at radius 2 is 1.94 bits per heavy atom. The minimum absolute atomic E-state index is 0.249. The van der Waals surface area contributed by atoms with E-state index >= 15 is 0 Å². The van der Waals surface area contributed by atoms with E-state index in [0.717, 1.165) is 54.7 Å². The topological polar surface area (TPSA) is 33.7 Å². The van der Waals surface area contributed by atoms with Gasteiger partial charge in [0.05, 0.1) is 6.04 Å². The highest BCUT2D eigenvalue weighted by Gasteiger charge is 2.35. The first kappa shape index (κ1) is 12.3. The van der Waals surface area contributed by atoms with Crippen molar-refractivity contribution in [3.05, 3.63) is 22.1 Å². The quantitative estimate of drug-likeness (QED) is 0.782. The number of rotatable bonds is 1. The van der Waals surface area contributed by atoms with Crippen LogP contribution in [0, 0.1) is 0 Å². The zero-order valence-electron chi connectivity index (χ0n) is 10.7. The summed E-state index contributed by atoms with van der Waals surface area (Å²) in [6.45, 7) is 7.41. The largest absolute Gasteiger partial charge is 0.489 e. The van der Waals surface area contributed by atoms with Gasteiger partial charge < -0.3 is 14.8 Å². The van der Waals surface area contributed by atoms with E-state index in [0.29, 0.717) is 13.2 Å². The van der Waals surface area contributed by atoms with Crippen LogP contribution in [0.2, 0.25) is 0 Å². The summed E-state index contributed by atoms with van der Waals surface area (Å²) < 4.78 is 11.6. The van der Waals surface area contributed by atoms with E-state index in [1.54, 1.807) is 0 Å². The zero-order chi connectivity index (χ0) is 12.5. The lowest BCUT2D eigenvalue weighted by Crippen LogP contribution is -2.50. The molecule has 0 spiro atoms. The van der Waals surface area contributed by atoms with Gasteiger partial charge in [-0.15, -0.1) is 0 Å². The van der Waals surface area contributed by atoms with E-state index in [1.165, 1.54) is 0 Å². The Hall–Kier alpha value is -0.710. The molecule has 0 aromatic carbocycles. The zero-order valence-corrected chi connectivity index (χ0v) is 11.4. The molecule has 3 rings (SSSR count). The van der Waals surface area contributed by atoms with Crippen molar-refractivity contribution in [3.8, 4) is 0 Å². The number of allylic oxidation sites excluding steroid dienone is 1. The highest BCUT2D eigenvalue weighted by Crippen LogP contribution is 2.37. The minimum atomic E-state index is 0.249. The first-order chi connectivity index (χ1) is 8.77. The number of ether oxygens (including phenoxy) is 2. The van der Waals surface area contributed by atoms with Gasteiger partial charge in [0.2, 0.25) is 0 Å². The van der Waals surface area contributed by atoms with Crippen LogP contribution in [-0.4, -0.2) is 50.3 Å². The van der Waals surface area contributed by atoms with Crippen LogP contribution in [0.25, 0.3) is 0 Å². The second-order valence-electron chi connectivity index (χ2n) is 4.93. The van der Waals surface area contributed by atoms with E-state index in [2.05, 4.69) is 10.2 Å². The van der Waals surface area contributed by atoms with E-state index in [4.69, 9.17) is 21.1 Å². The van der Waals surface area contributed by atoms with Gasteiger partial charge in [0, 0.05) is 43.2 Å². The van der Waals surface area contributed by atoms with Crippen molar-refractivity contribution in [2.75, 3.05) is 39.4 Å². The molecule has 0 bridgehead atoms. The van der Waals surface area contributed by atoms with Crippen LogP contribution in [0.1, 0.15) is 13.3 Å². The Bertz CT molecular complexity index is 400. The number of nitrogens with zero attached hydrogens (tertiary/aromatic N) is 1. The molecule has 18 heavy (non-hydrogen) atoms. The molecule has 0 saturated carbocycles. The Balaban J connectivity index is 1.89. The number of hydrogen-bond acceptors (Lipinski definition) is 4. The van der Waals surface area contributed by atoms with Gasteiger partial charge >= 0.3 is 0 Å². The standard InChI is InChI=1S/C13H19ClN2O2/c1-9-10(14)8-11(16-4-2-15-3-5-16)13-12(9)17-6-7-18-13/h11,15H,2-8H2,1H3. The molecule has 3 aliphatic rings. The van der Waals surface area contributed by atoms with Gasteiger partial charge in [-0.05, 0) is 6.92 Å². The molecule has 100 valence electrons. The predicted molar refractivity (Wildman–Crippen MR) is 70.3 cm³/mol. The van der Waals surface area contributed by atoms with E-state index < -0.39 is 0 Å². The summed E-state index contributed by atoms with van der Waals surface area (Å²) in [5.74, 6) is 1.87. The van der Waals surface area contributed by atoms with E-state index in [9.17, 15) is 0 Å². The number of hydrogen-bond donors (Lipinski definition) is 1. The number of piperazine rings is 1. The third-order valence-corrected chi connectivity index (χ3v) is 4.26. The normalized spacial score (nSPS) is 29.8. The summed E-state index contributed by atoms with van der Waals surface area (Å²) >= 11 is 6.37. The van der Waals surface area contributed by atoms with Crippen LogP contribution in [0.15, 0.2) is 22.1 Å². The fraction of sp³-hybridized carbons (Fsp3) is 0.692. The molecule has 5 heteroatoms. The van der Waals surface area contributed by atoms with Crippen LogP contribution in [0.3, 0.4) is 0 Å². The van der Waals surface area contributed by atoms with Gasteiger partial charge in [-0.25, -0.2) is 0 Å². The molecule has 1 unspecified atom stereocenters. The fourth-order valence-electron chi connectivity index (χ4n) is 2.80. The lowest BCUT2D eigenvalue weighted by Gasteiger charge is -2.40. The van der Waals surface area contributed by atoms with Crippen LogP contribution in [0.4, 0.5) is 0 Å². The third-order valence-electron chi connectivity index (χ3n) is 3.83. The summed E-state index contributed by atoms with van der Waals surface area (Å²) in [6.07, 6.45) is 0.843. The molecule has 0 amide bonds. The maximum atomic E-state index is 6.37. The smallest absolute Gasteiger partial charge is 0.162 e. The van der Waals surface area contributed by atoms with Crippen molar-refractivity contribution >= 4 is 11.6 Å². The van der Waals surface area contributed by atoms with Crippen molar-refractivity contribution in [1.29, 1.82) is 0 Å². The van der Waals surface area contributed by atoms with Crippen molar-refractivity contribution in [2.45, 2.75) is 19.4 Å². The summed E-state index contributed by atoms with van der Waals surface area (Å²) in [6, 6.07) is 0.249. The van der Waals surface area contributed by atoms with Crippen molar-refractivity contribution in [3.63, 3.8) is 0 Å². The van der Waals surface area contributed by atoms with Gasteiger partial charge in [-0.2, -0.15) is 0 Å². The summed E-state index contributed by atoms with van der Waals surface area (Å²) in [4.78, 5) is 2.44. The lowest BCUT2D eigenvalue weighted by molar-refractivity contribution is 0.0287. The van der Waals surface area contributed by atoms with Crippen molar-refractivity contribution < 1.29 is 9.47 Å². The Morgan fingerprint density at radius 1 is 1.22 bits per heavy atom. The van der Waals surface area contributed by atoms with Gasteiger partial charge in [0.15, 0.2) is 11.5 Å². The first-order valence-electron chi connectivity index (χ1n) is 6.57. The molecule has 1 N–H and O–H groups in total. The second kappa shape index (κ2) is 5.11. The fourth-order valence-corrected chi connectivity index (χ4v) is 3.03. The number of halogens is 1. The van der Waals surface area contributed by atoms with Crippen LogP contribution >= 0.6 is 11.6 Å². The Kier molecular flexibility index (Phi) is 3.50. The maximum absolute atomic E-state index is 6.37. The molecular weight excluding hydrogens is 252 g/mol. The molecule has 1 atom stereocenters. The average molecular weight is 271 g/mol. The molecule has 1 fully saturated rings. The van der Waals surface area contributed by atoms with Crippen molar-refractivity contribution in [2.24, 2.45) is 0 Å². The molecule has 1 saturated heterocycles.